The number of hydrogen-bond donors (Lipinski definition) is 2. The van der Waals surface area contributed by atoms with Crippen molar-refractivity contribution in [3.63, 3.8) is 0 Å². The SMILES string of the molecule is CCCCC(O)CCCC=CCCCC(=O)O. The Hall–Kier alpha value is -0.830. The molecular weight excluding hydrogens is 216 g/mol. The molecule has 0 aromatic rings. The summed E-state index contributed by atoms with van der Waals surface area (Å²) in [6.45, 7) is 2.13. The lowest BCUT2D eigenvalue weighted by Gasteiger charge is -2.07. The summed E-state index contributed by atoms with van der Waals surface area (Å²) in [4.78, 5) is 10.2. The van der Waals surface area contributed by atoms with Gasteiger partial charge in [0.05, 0.1) is 6.10 Å². The largest absolute Gasteiger partial charge is 0.481 e. The molecule has 17 heavy (non-hydrogen) atoms. The first-order valence-electron chi connectivity index (χ1n) is 6.71. The number of aliphatic carboxylic acids is 1. The molecule has 100 valence electrons. The number of carbonyl (C=O) groups is 1. The molecule has 0 heterocycles. The first kappa shape index (κ1) is 16.2. The van der Waals surface area contributed by atoms with Crippen LogP contribution in [0.1, 0.15) is 64.7 Å². The number of hydrogen-bond acceptors (Lipinski definition) is 2. The fourth-order valence-corrected chi connectivity index (χ4v) is 1.66. The van der Waals surface area contributed by atoms with Crippen LogP contribution in [0.25, 0.3) is 0 Å². The second-order valence-corrected chi connectivity index (χ2v) is 4.48. The molecule has 1 atom stereocenters. The van der Waals surface area contributed by atoms with Crippen LogP contribution in [0.3, 0.4) is 0 Å². The summed E-state index contributed by atoms with van der Waals surface area (Å²) in [6, 6.07) is 0. The monoisotopic (exact) mass is 242 g/mol. The molecule has 0 aromatic carbocycles. The van der Waals surface area contributed by atoms with Crippen LogP contribution in [0.4, 0.5) is 0 Å². The number of carboxylic acids is 1. The van der Waals surface area contributed by atoms with Gasteiger partial charge in [-0.3, -0.25) is 4.79 Å². The van der Waals surface area contributed by atoms with E-state index in [2.05, 4.69) is 13.0 Å². The normalized spacial score (nSPS) is 13.1. The minimum Gasteiger partial charge on any atom is -0.481 e. The molecule has 3 heteroatoms. The molecule has 0 aromatic heterocycles. The van der Waals surface area contributed by atoms with Crippen LogP contribution in [-0.2, 0) is 4.79 Å². The van der Waals surface area contributed by atoms with Crippen molar-refractivity contribution < 1.29 is 15.0 Å². The summed E-state index contributed by atoms with van der Waals surface area (Å²) in [5.41, 5.74) is 0. The van der Waals surface area contributed by atoms with E-state index in [0.717, 1.165) is 44.9 Å². The van der Waals surface area contributed by atoms with E-state index in [-0.39, 0.29) is 12.5 Å². The lowest BCUT2D eigenvalue weighted by molar-refractivity contribution is -0.137. The summed E-state index contributed by atoms with van der Waals surface area (Å²) in [5, 5.41) is 18.0. The zero-order valence-corrected chi connectivity index (χ0v) is 10.9. The molecule has 1 unspecified atom stereocenters. The minimum absolute atomic E-state index is 0.143. The van der Waals surface area contributed by atoms with Crippen LogP contribution < -0.4 is 0 Å². The number of allylic oxidation sites excluding steroid dienone is 2. The van der Waals surface area contributed by atoms with Gasteiger partial charge in [0.2, 0.25) is 0 Å². The maximum atomic E-state index is 10.2. The molecule has 0 aliphatic carbocycles. The number of rotatable bonds is 11. The average molecular weight is 242 g/mol. The Labute approximate surface area is 105 Å². The number of unbranched alkanes of at least 4 members (excludes halogenated alkanes) is 3. The first-order chi connectivity index (χ1) is 8.16. The van der Waals surface area contributed by atoms with E-state index in [4.69, 9.17) is 5.11 Å². The molecule has 0 saturated heterocycles. The fraction of sp³-hybridized carbons (Fsp3) is 0.786. The van der Waals surface area contributed by atoms with Gasteiger partial charge < -0.3 is 10.2 Å². The zero-order chi connectivity index (χ0) is 12.9. The molecule has 3 nitrogen and oxygen atoms in total. The van der Waals surface area contributed by atoms with Gasteiger partial charge in [0.1, 0.15) is 0 Å². The molecule has 0 radical (unpaired) electrons. The van der Waals surface area contributed by atoms with E-state index in [0.29, 0.717) is 6.42 Å². The topological polar surface area (TPSA) is 57.5 Å². The second kappa shape index (κ2) is 11.6. The Morgan fingerprint density at radius 2 is 1.71 bits per heavy atom. The van der Waals surface area contributed by atoms with Gasteiger partial charge in [-0.2, -0.15) is 0 Å². The van der Waals surface area contributed by atoms with Crippen molar-refractivity contribution in [1.82, 2.24) is 0 Å². The van der Waals surface area contributed by atoms with Gasteiger partial charge in [0.25, 0.3) is 0 Å². The van der Waals surface area contributed by atoms with Crippen LogP contribution >= 0.6 is 0 Å². The Bertz CT molecular complexity index is 212. The first-order valence-corrected chi connectivity index (χ1v) is 6.71. The van der Waals surface area contributed by atoms with Gasteiger partial charge >= 0.3 is 5.97 Å². The van der Waals surface area contributed by atoms with Gasteiger partial charge in [0, 0.05) is 6.42 Å². The predicted octanol–water partition coefficient (Wildman–Crippen LogP) is 3.52. The summed E-state index contributed by atoms with van der Waals surface area (Å²) < 4.78 is 0. The average Bonchev–Trinajstić information content (AvgIpc) is 2.29. The van der Waals surface area contributed by atoms with Crippen molar-refractivity contribution in [3.8, 4) is 0 Å². The van der Waals surface area contributed by atoms with E-state index in [1.54, 1.807) is 0 Å². The molecule has 0 bridgehead atoms. The van der Waals surface area contributed by atoms with E-state index >= 15 is 0 Å². The number of aliphatic hydroxyl groups is 1. The highest BCUT2D eigenvalue weighted by molar-refractivity contribution is 5.66. The molecule has 0 fully saturated rings. The lowest BCUT2D eigenvalue weighted by Crippen LogP contribution is -2.05. The third-order valence-electron chi connectivity index (χ3n) is 2.73. The van der Waals surface area contributed by atoms with Crippen molar-refractivity contribution >= 4 is 5.97 Å². The van der Waals surface area contributed by atoms with Crippen molar-refractivity contribution in [3.05, 3.63) is 12.2 Å². The number of aliphatic hydroxyl groups excluding tert-OH is 1. The summed E-state index contributed by atoms with van der Waals surface area (Å²) in [7, 11) is 0. The second-order valence-electron chi connectivity index (χ2n) is 4.48. The summed E-state index contributed by atoms with van der Waals surface area (Å²) in [5.74, 6) is -0.725. The third-order valence-corrected chi connectivity index (χ3v) is 2.73. The third kappa shape index (κ3) is 13.1. The Morgan fingerprint density at radius 3 is 2.29 bits per heavy atom. The predicted molar refractivity (Wildman–Crippen MR) is 70.0 cm³/mol. The lowest BCUT2D eigenvalue weighted by atomic mass is 10.1. The smallest absolute Gasteiger partial charge is 0.303 e. The van der Waals surface area contributed by atoms with Gasteiger partial charge in [-0.15, -0.1) is 0 Å². The van der Waals surface area contributed by atoms with Gasteiger partial charge in [0.15, 0.2) is 0 Å². The molecular formula is C14H26O3. The van der Waals surface area contributed by atoms with Crippen LogP contribution in [0, 0.1) is 0 Å². The van der Waals surface area contributed by atoms with Crippen molar-refractivity contribution in [2.45, 2.75) is 70.8 Å². The highest BCUT2D eigenvalue weighted by atomic mass is 16.4. The van der Waals surface area contributed by atoms with Gasteiger partial charge in [-0.05, 0) is 38.5 Å². The minimum atomic E-state index is -0.725. The molecule has 0 saturated carbocycles. The van der Waals surface area contributed by atoms with E-state index in [9.17, 15) is 9.90 Å². The van der Waals surface area contributed by atoms with Crippen molar-refractivity contribution in [2.24, 2.45) is 0 Å². The van der Waals surface area contributed by atoms with Crippen LogP contribution in [-0.4, -0.2) is 22.3 Å². The highest BCUT2D eigenvalue weighted by Gasteiger charge is 2.01. The highest BCUT2D eigenvalue weighted by Crippen LogP contribution is 2.09. The summed E-state index contributed by atoms with van der Waals surface area (Å²) >= 11 is 0. The standard InChI is InChI=1S/C14H26O3/c1-2-3-10-13(15)11-8-6-4-5-7-9-12-14(16)17/h4-5,13,15H,2-3,6-12H2,1H3,(H,16,17). The quantitative estimate of drug-likeness (QED) is 0.430. The fourth-order valence-electron chi connectivity index (χ4n) is 1.66. The Kier molecular flexibility index (Phi) is 11.1. The molecule has 0 amide bonds. The molecule has 2 N–H and O–H groups in total. The van der Waals surface area contributed by atoms with E-state index in [1.807, 2.05) is 6.08 Å². The molecule has 0 rings (SSSR count). The number of carboxylic acid groups (broad SMARTS) is 1. The van der Waals surface area contributed by atoms with Crippen LogP contribution in [0.2, 0.25) is 0 Å². The maximum absolute atomic E-state index is 10.2. The van der Waals surface area contributed by atoms with Crippen molar-refractivity contribution in [2.75, 3.05) is 0 Å². The van der Waals surface area contributed by atoms with Gasteiger partial charge in [-0.25, -0.2) is 0 Å². The van der Waals surface area contributed by atoms with Crippen molar-refractivity contribution in [1.29, 1.82) is 0 Å². The Morgan fingerprint density at radius 1 is 1.12 bits per heavy atom. The Balaban J connectivity index is 3.26. The van der Waals surface area contributed by atoms with E-state index in [1.165, 1.54) is 0 Å². The van der Waals surface area contributed by atoms with Gasteiger partial charge in [-0.1, -0.05) is 31.9 Å². The zero-order valence-electron chi connectivity index (χ0n) is 10.9. The van der Waals surface area contributed by atoms with Crippen LogP contribution in [0.5, 0.6) is 0 Å². The molecule has 0 aliphatic rings. The molecule has 0 spiro atoms. The van der Waals surface area contributed by atoms with Crippen LogP contribution in [0.15, 0.2) is 12.2 Å². The summed E-state index contributed by atoms with van der Waals surface area (Å²) in [6.07, 6.45) is 11.8. The molecule has 0 aliphatic heterocycles. The maximum Gasteiger partial charge on any atom is 0.303 e. The van der Waals surface area contributed by atoms with E-state index < -0.39 is 5.97 Å².